The topological polar surface area (TPSA) is 215 Å². The number of carbonyl (C=O) groups excluding carboxylic acids is 3. The summed E-state index contributed by atoms with van der Waals surface area (Å²) in [6, 6.07) is 3.87. The van der Waals surface area contributed by atoms with Gasteiger partial charge >= 0.3 is 30.1 Å². The van der Waals surface area contributed by atoms with Gasteiger partial charge in [0.05, 0.1) is 11.5 Å². The van der Waals surface area contributed by atoms with Gasteiger partial charge in [0, 0.05) is 6.07 Å². The van der Waals surface area contributed by atoms with E-state index in [0.717, 1.165) is 0 Å². The molecular weight excluding hydrogens is 670 g/mol. The predicted octanol–water partition coefficient (Wildman–Crippen LogP) is 5.43. The second kappa shape index (κ2) is 18.0. The lowest BCUT2D eigenvalue weighted by atomic mass is 9.98. The van der Waals surface area contributed by atoms with E-state index in [1.165, 1.54) is 36.4 Å². The molecule has 0 amide bonds. The Balaban J connectivity index is 2.61. The zero-order valence-corrected chi connectivity index (χ0v) is 28.8. The summed E-state index contributed by atoms with van der Waals surface area (Å²) < 4.78 is 47.7. The van der Waals surface area contributed by atoms with Crippen molar-refractivity contribution in [3.05, 3.63) is 71.8 Å². The van der Waals surface area contributed by atoms with Gasteiger partial charge in [-0.25, -0.2) is 19.2 Å². The van der Waals surface area contributed by atoms with Gasteiger partial charge in [0.25, 0.3) is 0 Å². The summed E-state index contributed by atoms with van der Waals surface area (Å²) in [5.74, 6) is -2.22. The van der Waals surface area contributed by atoms with Crippen LogP contribution in [0, 0.1) is 10.1 Å². The normalized spacial score (nSPS) is 20.5. The van der Waals surface area contributed by atoms with Crippen molar-refractivity contribution in [3.63, 3.8) is 0 Å². The third-order valence-electron chi connectivity index (χ3n) is 7.26. The molecular formula is C31H41NO16Si. The molecule has 0 saturated carbocycles. The van der Waals surface area contributed by atoms with Crippen LogP contribution in [0.2, 0.25) is 18.1 Å². The largest absolute Gasteiger partial charge is 0.509 e. The number of aliphatic carboxylic acids is 1. The summed E-state index contributed by atoms with van der Waals surface area (Å²) in [7, 11) is -2.24. The smallest absolute Gasteiger partial charge is 0.479 e. The Morgan fingerprint density at radius 3 is 1.84 bits per heavy atom. The molecule has 270 valence electrons. The Morgan fingerprint density at radius 1 is 0.898 bits per heavy atom. The van der Waals surface area contributed by atoms with Crippen molar-refractivity contribution in [1.82, 2.24) is 0 Å². The van der Waals surface area contributed by atoms with Crippen molar-refractivity contribution in [1.29, 1.82) is 0 Å². The molecule has 1 N–H and O–H groups in total. The van der Waals surface area contributed by atoms with Gasteiger partial charge in [0.1, 0.15) is 19.8 Å². The maximum atomic E-state index is 12.6. The number of hydrogen-bond acceptors (Lipinski definition) is 15. The average molecular weight is 712 g/mol. The molecule has 1 heterocycles. The molecule has 17 nitrogen and oxygen atoms in total. The highest BCUT2D eigenvalue weighted by molar-refractivity contribution is 6.74. The van der Waals surface area contributed by atoms with Gasteiger partial charge in [-0.3, -0.25) is 10.1 Å². The van der Waals surface area contributed by atoms with E-state index in [1.54, 1.807) is 0 Å². The van der Waals surface area contributed by atoms with Crippen LogP contribution in [0.1, 0.15) is 26.3 Å². The lowest BCUT2D eigenvalue weighted by Gasteiger charge is -2.42. The first kappa shape index (κ1) is 40.2. The van der Waals surface area contributed by atoms with Crippen LogP contribution in [0.25, 0.3) is 0 Å². The van der Waals surface area contributed by atoms with Crippen molar-refractivity contribution >= 4 is 38.4 Å². The van der Waals surface area contributed by atoms with Gasteiger partial charge in [0.2, 0.25) is 12.4 Å². The summed E-state index contributed by atoms with van der Waals surface area (Å²) in [5, 5.41) is 22.1. The minimum atomic E-state index is -2.24. The van der Waals surface area contributed by atoms with E-state index in [2.05, 4.69) is 19.7 Å². The van der Waals surface area contributed by atoms with E-state index >= 15 is 0 Å². The number of hydrogen-bond donors (Lipinski definition) is 1. The van der Waals surface area contributed by atoms with Crippen LogP contribution >= 0.6 is 0 Å². The third kappa shape index (κ3) is 11.6. The molecule has 0 aliphatic carbocycles. The fourth-order valence-electron chi connectivity index (χ4n) is 3.81. The highest BCUT2D eigenvalue weighted by Crippen LogP contribution is 2.38. The molecule has 18 heteroatoms. The zero-order valence-electron chi connectivity index (χ0n) is 27.8. The lowest BCUT2D eigenvalue weighted by molar-refractivity contribution is -0.387. The van der Waals surface area contributed by atoms with Gasteiger partial charge < -0.3 is 47.4 Å². The molecule has 1 aliphatic rings. The van der Waals surface area contributed by atoms with E-state index in [0.29, 0.717) is 5.56 Å². The van der Waals surface area contributed by atoms with E-state index < -0.39 is 79.8 Å². The first-order chi connectivity index (χ1) is 22.9. The quantitative estimate of drug-likeness (QED) is 0.0565. The van der Waals surface area contributed by atoms with Gasteiger partial charge in [-0.1, -0.05) is 64.8 Å². The summed E-state index contributed by atoms with van der Waals surface area (Å²) >= 11 is 0. The number of carboxylic acid groups (broad SMARTS) is 1. The number of rotatable bonds is 16. The highest BCUT2D eigenvalue weighted by atomic mass is 28.4. The second-order valence-corrected chi connectivity index (χ2v) is 16.6. The molecule has 2 rings (SSSR count). The van der Waals surface area contributed by atoms with E-state index in [-0.39, 0.29) is 31.5 Å². The predicted molar refractivity (Wildman–Crippen MR) is 171 cm³/mol. The summed E-state index contributed by atoms with van der Waals surface area (Å²) in [4.78, 5) is 61.5. The highest BCUT2D eigenvalue weighted by Gasteiger charge is 2.57. The standard InChI is InChI=1S/C31H41NO16Si/c1-9-14-40-28(35)46-22-23(47-29(36)41-15-10-2)25(48-30(37)42-16-11-3)27(45-24(22)26(33)34)44-21-13-12-19(17-20(21)32(38)39)18-43-49(7,8)31(4,5)6/h9-13,17,22-25,27H,1-3,14-16,18H2,4-8H3,(H,33,34)/t22-,23-,24-,25+,27+/m0/s1. The molecule has 0 bridgehead atoms. The summed E-state index contributed by atoms with van der Waals surface area (Å²) in [6.07, 6.45) is -11.0. The first-order valence-electron chi connectivity index (χ1n) is 14.7. The Bertz CT molecular complexity index is 1390. The SMILES string of the molecule is C=CCOC(=O)O[C@@H]1[C@@H](OC(=O)OCC=C)[C@H](Oc2ccc(CO[Si](C)(C)C(C)(C)C)cc2[N+](=O)[O-])O[C@H](C(=O)O)[C@H]1OC(=O)OCC=C. The fraction of sp³-hybridized carbons (Fsp3) is 0.484. The van der Waals surface area contributed by atoms with Crippen molar-refractivity contribution in [2.75, 3.05) is 19.8 Å². The average Bonchev–Trinajstić information content (AvgIpc) is 3.02. The van der Waals surface area contributed by atoms with Crippen LogP contribution in [0.3, 0.4) is 0 Å². The minimum absolute atomic E-state index is 0.0449. The van der Waals surface area contributed by atoms with Crippen LogP contribution < -0.4 is 4.74 Å². The Labute approximate surface area is 283 Å². The first-order valence-corrected chi connectivity index (χ1v) is 17.7. The molecule has 49 heavy (non-hydrogen) atoms. The molecule has 0 spiro atoms. The number of ether oxygens (including phenoxy) is 8. The third-order valence-corrected chi connectivity index (χ3v) is 11.7. The molecule has 1 saturated heterocycles. The monoisotopic (exact) mass is 711 g/mol. The van der Waals surface area contributed by atoms with Crippen LogP contribution in [0.5, 0.6) is 5.75 Å². The van der Waals surface area contributed by atoms with Crippen molar-refractivity contribution in [2.24, 2.45) is 0 Å². The van der Waals surface area contributed by atoms with E-state index in [1.807, 2.05) is 33.9 Å². The zero-order chi connectivity index (χ0) is 36.9. The number of benzene rings is 1. The Morgan fingerprint density at radius 2 is 1.39 bits per heavy atom. The van der Waals surface area contributed by atoms with Gasteiger partial charge in [-0.15, -0.1) is 0 Å². The van der Waals surface area contributed by atoms with Crippen LogP contribution in [0.15, 0.2) is 56.2 Å². The molecule has 1 aromatic carbocycles. The van der Waals surface area contributed by atoms with E-state index in [9.17, 15) is 34.4 Å². The maximum Gasteiger partial charge on any atom is 0.509 e. The Hall–Kier alpha value is -4.94. The fourth-order valence-corrected chi connectivity index (χ4v) is 4.77. The number of nitro groups is 1. The van der Waals surface area contributed by atoms with Crippen molar-refractivity contribution < 1.29 is 71.5 Å². The van der Waals surface area contributed by atoms with Gasteiger partial charge in [-0.2, -0.15) is 0 Å². The van der Waals surface area contributed by atoms with Crippen LogP contribution in [0.4, 0.5) is 20.1 Å². The maximum absolute atomic E-state index is 12.6. The van der Waals surface area contributed by atoms with Crippen molar-refractivity contribution in [3.8, 4) is 5.75 Å². The number of carbonyl (C=O) groups is 4. The Kier molecular flexibility index (Phi) is 14.8. The molecule has 1 aliphatic heterocycles. The molecule has 5 atom stereocenters. The summed E-state index contributed by atoms with van der Waals surface area (Å²) in [6.45, 7) is 19.3. The van der Waals surface area contributed by atoms with Gasteiger partial charge in [0.15, 0.2) is 32.4 Å². The second-order valence-electron chi connectivity index (χ2n) is 11.8. The molecule has 1 fully saturated rings. The lowest BCUT2D eigenvalue weighted by Crippen LogP contribution is -2.64. The molecule has 0 radical (unpaired) electrons. The number of nitrogens with zero attached hydrogens (tertiary/aromatic N) is 1. The molecule has 0 aromatic heterocycles. The van der Waals surface area contributed by atoms with Crippen molar-refractivity contribution in [2.45, 2.75) is 76.2 Å². The van der Waals surface area contributed by atoms with E-state index in [4.69, 9.17) is 42.3 Å². The van der Waals surface area contributed by atoms with Crippen LogP contribution in [-0.2, 0) is 49.0 Å². The minimum Gasteiger partial charge on any atom is -0.479 e. The number of carboxylic acids is 1. The number of nitro benzene ring substituents is 1. The van der Waals surface area contributed by atoms with Gasteiger partial charge in [-0.05, 0) is 29.8 Å². The molecule has 0 unspecified atom stereocenters. The van der Waals surface area contributed by atoms with Crippen LogP contribution in [-0.4, -0.2) is 93.3 Å². The molecule has 1 aromatic rings. The summed E-state index contributed by atoms with van der Waals surface area (Å²) in [5.41, 5.74) is -0.163.